The van der Waals surface area contributed by atoms with Gasteiger partial charge >= 0.3 is 0 Å². The van der Waals surface area contributed by atoms with Crippen molar-refractivity contribution in [3.8, 4) is 5.75 Å². The summed E-state index contributed by atoms with van der Waals surface area (Å²) in [5, 5.41) is 3.09. The van der Waals surface area contributed by atoms with E-state index in [0.717, 1.165) is 0 Å². The van der Waals surface area contributed by atoms with Crippen LogP contribution in [0.15, 0.2) is 18.2 Å². The Morgan fingerprint density at radius 1 is 1.32 bits per heavy atom. The smallest absolute Gasteiger partial charge is 0.260 e. The number of nitrogens with two attached hydrogens (primary N) is 1. The first-order chi connectivity index (χ1) is 8.81. The first kappa shape index (κ1) is 15.3. The fourth-order valence-electron chi connectivity index (χ4n) is 1.44. The summed E-state index contributed by atoms with van der Waals surface area (Å²) in [4.78, 5) is 23.0. The van der Waals surface area contributed by atoms with Gasteiger partial charge < -0.3 is 15.8 Å². The predicted molar refractivity (Wildman–Crippen MR) is 73.3 cm³/mol. The first-order valence-electron chi connectivity index (χ1n) is 5.87. The third kappa shape index (κ3) is 4.44. The molecular weight excluding hydrogens is 268 g/mol. The molecular formula is C13H17ClN2O3. The third-order valence-electron chi connectivity index (χ3n) is 2.31. The highest BCUT2D eigenvalue weighted by atomic mass is 35.5. The Morgan fingerprint density at radius 2 is 1.95 bits per heavy atom. The molecule has 0 aromatic heterocycles. The summed E-state index contributed by atoms with van der Waals surface area (Å²) < 4.78 is 5.45. The van der Waals surface area contributed by atoms with E-state index in [4.69, 9.17) is 22.1 Å². The Kier molecular flexibility index (Phi) is 5.18. The molecule has 0 radical (unpaired) electrons. The zero-order valence-corrected chi connectivity index (χ0v) is 11.8. The molecule has 5 nitrogen and oxygen atoms in total. The number of rotatable bonds is 5. The Bertz CT molecular complexity index is 489. The fraction of sp³-hybridized carbons (Fsp3) is 0.385. The minimum atomic E-state index is -0.735. The van der Waals surface area contributed by atoms with Crippen molar-refractivity contribution in [3.63, 3.8) is 0 Å². The summed E-state index contributed by atoms with van der Waals surface area (Å²) in [7, 11) is 0. The number of hydrogen-bond acceptors (Lipinski definition) is 3. The summed E-state index contributed by atoms with van der Waals surface area (Å²) in [5.74, 6) is -0.683. The minimum Gasteiger partial charge on any atom is -0.480 e. The lowest BCUT2D eigenvalue weighted by Crippen LogP contribution is -2.40. The fourth-order valence-corrected chi connectivity index (χ4v) is 1.62. The van der Waals surface area contributed by atoms with Crippen LogP contribution in [0.4, 0.5) is 0 Å². The van der Waals surface area contributed by atoms with E-state index in [1.54, 1.807) is 13.0 Å². The van der Waals surface area contributed by atoms with E-state index in [-0.39, 0.29) is 23.3 Å². The van der Waals surface area contributed by atoms with Crippen molar-refractivity contribution < 1.29 is 14.3 Å². The number of hydrogen-bond donors (Lipinski definition) is 2. The highest BCUT2D eigenvalue weighted by molar-refractivity contribution is 6.31. The summed E-state index contributed by atoms with van der Waals surface area (Å²) >= 11 is 5.79. The standard InChI is InChI=1S/C13H17ClN2O3/c1-7(2)16-13(18)8(3)19-11-5-4-9(14)6-10(11)12(15)17/h4-8H,1-3H3,(H2,15,17)(H,16,18). The number of nitrogens with one attached hydrogen (secondary N) is 1. The molecule has 0 bridgehead atoms. The van der Waals surface area contributed by atoms with Gasteiger partial charge in [0.1, 0.15) is 5.75 Å². The zero-order valence-electron chi connectivity index (χ0n) is 11.1. The minimum absolute atomic E-state index is 0.0133. The summed E-state index contributed by atoms with van der Waals surface area (Å²) in [6, 6.07) is 4.50. The normalized spacial score (nSPS) is 12.1. The van der Waals surface area contributed by atoms with Crippen LogP contribution >= 0.6 is 11.6 Å². The van der Waals surface area contributed by atoms with Gasteiger partial charge in [0.2, 0.25) is 0 Å². The van der Waals surface area contributed by atoms with E-state index in [1.165, 1.54) is 12.1 Å². The van der Waals surface area contributed by atoms with Crippen LogP contribution in [0.1, 0.15) is 31.1 Å². The Labute approximate surface area is 117 Å². The van der Waals surface area contributed by atoms with Crippen molar-refractivity contribution in [2.24, 2.45) is 5.73 Å². The van der Waals surface area contributed by atoms with Crippen molar-refractivity contribution >= 4 is 23.4 Å². The maximum atomic E-state index is 11.7. The molecule has 1 rings (SSSR count). The average molecular weight is 285 g/mol. The van der Waals surface area contributed by atoms with E-state index in [1.807, 2.05) is 13.8 Å². The van der Waals surface area contributed by atoms with Gasteiger partial charge in [0.15, 0.2) is 6.10 Å². The number of halogens is 1. The lowest BCUT2D eigenvalue weighted by Gasteiger charge is -2.17. The van der Waals surface area contributed by atoms with Crippen LogP contribution in [0.2, 0.25) is 5.02 Å². The van der Waals surface area contributed by atoms with Crippen LogP contribution in [0.3, 0.4) is 0 Å². The van der Waals surface area contributed by atoms with E-state index in [9.17, 15) is 9.59 Å². The van der Waals surface area contributed by atoms with Crippen molar-refractivity contribution in [1.82, 2.24) is 5.32 Å². The average Bonchev–Trinajstić information content (AvgIpc) is 2.30. The molecule has 1 atom stereocenters. The van der Waals surface area contributed by atoms with Crippen LogP contribution < -0.4 is 15.8 Å². The topological polar surface area (TPSA) is 81.4 Å². The summed E-state index contributed by atoms with van der Waals surface area (Å²) in [6.45, 7) is 5.29. The van der Waals surface area contributed by atoms with Crippen molar-refractivity contribution in [2.75, 3.05) is 0 Å². The number of carbonyl (C=O) groups is 2. The second kappa shape index (κ2) is 6.43. The number of primary amides is 1. The van der Waals surface area contributed by atoms with Gasteiger partial charge in [-0.3, -0.25) is 9.59 Å². The van der Waals surface area contributed by atoms with Crippen LogP contribution in [0.5, 0.6) is 5.75 Å². The van der Waals surface area contributed by atoms with Crippen molar-refractivity contribution in [3.05, 3.63) is 28.8 Å². The molecule has 3 N–H and O–H groups in total. The molecule has 0 saturated carbocycles. The largest absolute Gasteiger partial charge is 0.480 e. The molecule has 0 heterocycles. The predicted octanol–water partition coefficient (Wildman–Crippen LogP) is 1.73. The highest BCUT2D eigenvalue weighted by Crippen LogP contribution is 2.23. The molecule has 104 valence electrons. The van der Waals surface area contributed by atoms with Crippen molar-refractivity contribution in [2.45, 2.75) is 32.9 Å². The van der Waals surface area contributed by atoms with Crippen molar-refractivity contribution in [1.29, 1.82) is 0 Å². The first-order valence-corrected chi connectivity index (χ1v) is 6.25. The third-order valence-corrected chi connectivity index (χ3v) is 2.55. The van der Waals surface area contributed by atoms with E-state index >= 15 is 0 Å². The van der Waals surface area contributed by atoms with Gasteiger partial charge in [-0.1, -0.05) is 11.6 Å². The molecule has 0 fully saturated rings. The molecule has 6 heteroatoms. The number of benzene rings is 1. The monoisotopic (exact) mass is 284 g/mol. The molecule has 2 amide bonds. The summed E-state index contributed by atoms with van der Waals surface area (Å²) in [6.07, 6.45) is -0.735. The van der Waals surface area contributed by atoms with Gasteiger partial charge in [-0.15, -0.1) is 0 Å². The molecule has 1 unspecified atom stereocenters. The zero-order chi connectivity index (χ0) is 14.6. The Hall–Kier alpha value is -1.75. The quantitative estimate of drug-likeness (QED) is 0.864. The maximum Gasteiger partial charge on any atom is 0.260 e. The molecule has 19 heavy (non-hydrogen) atoms. The molecule has 0 saturated heterocycles. The highest BCUT2D eigenvalue weighted by Gasteiger charge is 2.18. The van der Waals surface area contributed by atoms with E-state index in [2.05, 4.69) is 5.32 Å². The SMILES string of the molecule is CC(C)NC(=O)C(C)Oc1ccc(Cl)cc1C(N)=O. The van der Waals surface area contributed by atoms with Gasteiger partial charge in [-0.25, -0.2) is 0 Å². The van der Waals surface area contributed by atoms with Crippen LogP contribution in [0.25, 0.3) is 0 Å². The number of amides is 2. The lowest BCUT2D eigenvalue weighted by atomic mass is 10.2. The molecule has 1 aromatic carbocycles. The maximum absolute atomic E-state index is 11.7. The van der Waals surface area contributed by atoms with E-state index < -0.39 is 12.0 Å². The number of ether oxygens (including phenoxy) is 1. The van der Waals surface area contributed by atoms with Crippen LogP contribution in [-0.4, -0.2) is 24.0 Å². The second-order valence-electron chi connectivity index (χ2n) is 4.43. The van der Waals surface area contributed by atoms with Gasteiger partial charge in [-0.05, 0) is 39.0 Å². The van der Waals surface area contributed by atoms with Gasteiger partial charge in [0.25, 0.3) is 11.8 Å². The molecule has 1 aromatic rings. The second-order valence-corrected chi connectivity index (χ2v) is 4.86. The summed E-state index contributed by atoms with van der Waals surface area (Å²) in [5.41, 5.74) is 5.39. The van der Waals surface area contributed by atoms with Crippen LogP contribution in [0, 0.1) is 0 Å². The Balaban J connectivity index is 2.87. The lowest BCUT2D eigenvalue weighted by molar-refractivity contribution is -0.127. The number of carbonyl (C=O) groups excluding carboxylic acids is 2. The van der Waals surface area contributed by atoms with Gasteiger partial charge in [-0.2, -0.15) is 0 Å². The molecule has 0 aliphatic heterocycles. The van der Waals surface area contributed by atoms with Gasteiger partial charge in [0.05, 0.1) is 5.56 Å². The molecule has 0 spiro atoms. The molecule has 0 aliphatic rings. The molecule has 0 aliphatic carbocycles. The van der Waals surface area contributed by atoms with Gasteiger partial charge in [0, 0.05) is 11.1 Å². The Morgan fingerprint density at radius 3 is 2.47 bits per heavy atom. The van der Waals surface area contributed by atoms with E-state index in [0.29, 0.717) is 5.02 Å². The van der Waals surface area contributed by atoms with Crippen LogP contribution in [-0.2, 0) is 4.79 Å².